The lowest BCUT2D eigenvalue weighted by molar-refractivity contribution is 0.113. The monoisotopic (exact) mass is 150 g/mol. The van der Waals surface area contributed by atoms with Crippen LogP contribution in [-0.4, -0.2) is 15.0 Å². The number of primary sulfonamides is 1. The van der Waals surface area contributed by atoms with Gasteiger partial charge < -0.3 is 0 Å². The van der Waals surface area contributed by atoms with Gasteiger partial charge in [0.1, 0.15) is 0 Å². The predicted molar refractivity (Wildman–Crippen MR) is 30.3 cm³/mol. The molecule has 52 valence electrons. The maximum absolute atomic E-state index is 10.4. The summed E-state index contributed by atoms with van der Waals surface area (Å²) in [7, 11) is -3.58. The highest BCUT2D eigenvalue weighted by Crippen LogP contribution is 2.01. The Balaban J connectivity index is 2.87. The van der Waals surface area contributed by atoms with Crippen molar-refractivity contribution in [2.45, 2.75) is 0 Å². The molecule has 0 amide bonds. The number of hydrogen-bond donors (Lipinski definition) is 2. The number of nitrogens with two attached hydrogens (primary N) is 1. The van der Waals surface area contributed by atoms with Crippen LogP contribution in [0.15, 0.2) is 11.1 Å². The molecule has 6 heteroatoms. The zero-order valence-electron chi connectivity index (χ0n) is 4.49. The third-order valence-corrected chi connectivity index (χ3v) is 1.69. The molecule has 0 saturated heterocycles. The third kappa shape index (κ3) is 1.41. The first kappa shape index (κ1) is 6.53. The van der Waals surface area contributed by atoms with Crippen LogP contribution in [-0.2, 0) is 14.9 Å². The van der Waals surface area contributed by atoms with Crippen LogP contribution < -0.4 is 10.6 Å². The van der Waals surface area contributed by atoms with Crippen LogP contribution in [0, 0.1) is 0 Å². The minimum absolute atomic E-state index is 0.0671. The second-order valence-electron chi connectivity index (χ2n) is 1.53. The summed E-state index contributed by atoms with van der Waals surface area (Å²) in [4.78, 5) is 4.48. The Hall–Kier alpha value is -0.590. The van der Waals surface area contributed by atoms with Gasteiger partial charge in [-0.15, -0.1) is 0 Å². The first-order chi connectivity index (χ1) is 4.11. The first-order valence-corrected chi connectivity index (χ1v) is 3.76. The summed E-state index contributed by atoms with van der Waals surface area (Å²) in [6, 6.07) is 0. The van der Waals surface area contributed by atoms with E-state index in [1.165, 1.54) is 6.08 Å². The van der Waals surface area contributed by atoms with Gasteiger partial charge in [0.25, 0.3) is 10.0 Å². The molecule has 0 bridgehead atoms. The summed E-state index contributed by atoms with van der Waals surface area (Å²) in [6.45, 7) is 0.242. The van der Waals surface area contributed by atoms with E-state index in [1.807, 2.05) is 0 Å². The number of hydroxylamine groups is 1. The Bertz CT molecular complexity index is 229. The fourth-order valence-corrected chi connectivity index (χ4v) is 0.921. The molecule has 0 spiro atoms. The Kier molecular flexibility index (Phi) is 1.43. The SMILES string of the molecule is NS(=O)(=O)C1=CCON1. The van der Waals surface area contributed by atoms with Crippen molar-refractivity contribution in [2.24, 2.45) is 5.14 Å². The van der Waals surface area contributed by atoms with E-state index in [2.05, 4.69) is 10.3 Å². The molecular formula is C3H6N2O3S. The maximum Gasteiger partial charge on any atom is 0.255 e. The second kappa shape index (κ2) is 1.98. The minimum atomic E-state index is -3.58. The molecule has 0 aromatic rings. The third-order valence-electron chi connectivity index (χ3n) is 0.831. The Morgan fingerprint density at radius 3 is 2.67 bits per heavy atom. The fraction of sp³-hybridized carbons (Fsp3) is 0.333. The van der Waals surface area contributed by atoms with Gasteiger partial charge in [0.15, 0.2) is 5.03 Å². The standard InChI is InChI=1S/C3H6N2O3S/c4-9(6,7)3-1-2-8-5-3/h1,5H,2H2,(H2,4,6,7). The molecule has 0 atom stereocenters. The number of nitrogens with one attached hydrogen (secondary N) is 1. The molecule has 0 radical (unpaired) electrons. The van der Waals surface area contributed by atoms with Crippen molar-refractivity contribution < 1.29 is 13.3 Å². The average molecular weight is 150 g/mol. The van der Waals surface area contributed by atoms with Crippen molar-refractivity contribution in [3.63, 3.8) is 0 Å². The van der Waals surface area contributed by atoms with Gasteiger partial charge in [-0.1, -0.05) is 0 Å². The van der Waals surface area contributed by atoms with Crippen molar-refractivity contribution in [3.05, 3.63) is 11.1 Å². The molecule has 0 aliphatic carbocycles. The lowest BCUT2D eigenvalue weighted by Crippen LogP contribution is -2.22. The summed E-state index contributed by atoms with van der Waals surface area (Å²) in [5.41, 5.74) is 2.14. The smallest absolute Gasteiger partial charge is 0.255 e. The highest BCUT2D eigenvalue weighted by molar-refractivity contribution is 7.93. The predicted octanol–water partition coefficient (Wildman–Crippen LogP) is -1.35. The highest BCUT2D eigenvalue weighted by atomic mass is 32.2. The lowest BCUT2D eigenvalue weighted by Gasteiger charge is -1.96. The normalized spacial score (nSPS) is 19.0. The van der Waals surface area contributed by atoms with Crippen LogP contribution in [0.5, 0.6) is 0 Å². The molecule has 0 aromatic heterocycles. The van der Waals surface area contributed by atoms with E-state index < -0.39 is 10.0 Å². The number of rotatable bonds is 1. The number of hydrogen-bond acceptors (Lipinski definition) is 4. The average Bonchev–Trinajstić information content (AvgIpc) is 2.08. The van der Waals surface area contributed by atoms with Gasteiger partial charge in [-0.05, 0) is 6.08 Å². The van der Waals surface area contributed by atoms with Crippen LogP contribution in [0.4, 0.5) is 0 Å². The molecule has 1 aliphatic rings. The maximum atomic E-state index is 10.4. The van der Waals surface area contributed by atoms with Gasteiger partial charge in [-0.25, -0.2) is 13.6 Å². The van der Waals surface area contributed by atoms with Gasteiger partial charge in [0.2, 0.25) is 0 Å². The van der Waals surface area contributed by atoms with E-state index in [0.29, 0.717) is 0 Å². The molecule has 1 aliphatic heterocycles. The van der Waals surface area contributed by atoms with Crippen molar-refractivity contribution in [3.8, 4) is 0 Å². The van der Waals surface area contributed by atoms with Crippen LogP contribution in [0.1, 0.15) is 0 Å². The van der Waals surface area contributed by atoms with Crippen LogP contribution >= 0.6 is 0 Å². The molecule has 0 saturated carbocycles. The summed E-state index contributed by atoms with van der Waals surface area (Å²) >= 11 is 0. The molecule has 9 heavy (non-hydrogen) atoms. The van der Waals surface area contributed by atoms with E-state index in [4.69, 9.17) is 5.14 Å². The molecule has 1 rings (SSSR count). The van der Waals surface area contributed by atoms with Gasteiger partial charge in [0.05, 0.1) is 6.61 Å². The van der Waals surface area contributed by atoms with E-state index in [9.17, 15) is 8.42 Å². The quantitative estimate of drug-likeness (QED) is 0.484. The van der Waals surface area contributed by atoms with Crippen molar-refractivity contribution in [2.75, 3.05) is 6.61 Å². The van der Waals surface area contributed by atoms with E-state index in [-0.39, 0.29) is 11.6 Å². The zero-order chi connectivity index (χ0) is 6.91. The first-order valence-electron chi connectivity index (χ1n) is 2.21. The van der Waals surface area contributed by atoms with Crippen LogP contribution in [0.2, 0.25) is 0 Å². The summed E-state index contributed by atoms with van der Waals surface area (Å²) in [6.07, 6.45) is 1.36. The van der Waals surface area contributed by atoms with Gasteiger partial charge in [0, 0.05) is 0 Å². The summed E-state index contributed by atoms with van der Waals surface area (Å²) < 4.78 is 20.8. The molecule has 0 aromatic carbocycles. The van der Waals surface area contributed by atoms with Gasteiger partial charge in [-0.2, -0.15) is 0 Å². The van der Waals surface area contributed by atoms with Crippen molar-refractivity contribution in [1.29, 1.82) is 0 Å². The largest absolute Gasteiger partial charge is 0.271 e. The molecule has 3 N–H and O–H groups in total. The van der Waals surface area contributed by atoms with E-state index in [1.54, 1.807) is 0 Å². The topological polar surface area (TPSA) is 81.4 Å². The van der Waals surface area contributed by atoms with Crippen molar-refractivity contribution in [1.82, 2.24) is 5.48 Å². The zero-order valence-corrected chi connectivity index (χ0v) is 5.31. The van der Waals surface area contributed by atoms with Crippen molar-refractivity contribution >= 4 is 10.0 Å². The molecule has 0 fully saturated rings. The highest BCUT2D eigenvalue weighted by Gasteiger charge is 2.14. The second-order valence-corrected chi connectivity index (χ2v) is 3.06. The van der Waals surface area contributed by atoms with Crippen LogP contribution in [0.3, 0.4) is 0 Å². The Labute approximate surface area is 52.5 Å². The van der Waals surface area contributed by atoms with E-state index >= 15 is 0 Å². The van der Waals surface area contributed by atoms with Crippen LogP contribution in [0.25, 0.3) is 0 Å². The van der Waals surface area contributed by atoms with Gasteiger partial charge >= 0.3 is 0 Å². The van der Waals surface area contributed by atoms with Gasteiger partial charge in [-0.3, -0.25) is 10.3 Å². The minimum Gasteiger partial charge on any atom is -0.271 e. The van der Waals surface area contributed by atoms with E-state index in [0.717, 1.165) is 0 Å². The lowest BCUT2D eigenvalue weighted by atomic mass is 10.7. The molecule has 0 unspecified atom stereocenters. The molecule has 5 nitrogen and oxygen atoms in total. The summed E-state index contributed by atoms with van der Waals surface area (Å²) in [5, 5.41) is 4.64. The molecular weight excluding hydrogens is 144 g/mol. The Morgan fingerprint density at radius 2 is 2.44 bits per heavy atom. The molecule has 1 heterocycles. The fourth-order valence-electron chi connectivity index (χ4n) is 0.446. The Morgan fingerprint density at radius 1 is 1.78 bits per heavy atom. The number of sulfonamides is 1. The summed E-state index contributed by atoms with van der Waals surface area (Å²) in [5.74, 6) is 0.